The average molecular weight is 243 g/mol. The Morgan fingerprint density at radius 3 is 2.94 bits per heavy atom. The van der Waals surface area contributed by atoms with E-state index < -0.39 is 10.0 Å². The maximum absolute atomic E-state index is 12.3. The van der Waals surface area contributed by atoms with Gasteiger partial charge in [-0.1, -0.05) is 6.42 Å². The fourth-order valence-corrected chi connectivity index (χ4v) is 3.81. The maximum Gasteiger partial charge on any atom is 0.244 e. The number of nitrogens with one attached hydrogen (secondary N) is 1. The molecule has 0 radical (unpaired) electrons. The van der Waals surface area contributed by atoms with Gasteiger partial charge in [0.05, 0.1) is 4.90 Å². The number of nitrogens with two attached hydrogens (primary N) is 1. The maximum atomic E-state index is 12.3. The topological polar surface area (TPSA) is 79.2 Å². The molecule has 6 heteroatoms. The first-order valence-electron chi connectivity index (χ1n) is 5.51. The van der Waals surface area contributed by atoms with Crippen LogP contribution in [-0.4, -0.2) is 36.8 Å². The lowest BCUT2D eigenvalue weighted by atomic mass is 10.1. The fraction of sp³-hybridized carbons (Fsp3) is 0.600. The minimum absolute atomic E-state index is 0.0475. The smallest absolute Gasteiger partial charge is 0.244 e. The van der Waals surface area contributed by atoms with Gasteiger partial charge in [0.15, 0.2) is 0 Å². The Hall–Kier alpha value is -0.850. The van der Waals surface area contributed by atoms with Gasteiger partial charge in [-0.3, -0.25) is 0 Å². The van der Waals surface area contributed by atoms with Crippen LogP contribution in [0.3, 0.4) is 0 Å². The zero-order valence-electron chi connectivity index (χ0n) is 9.09. The molecule has 0 bridgehead atoms. The molecule has 0 spiro atoms. The van der Waals surface area contributed by atoms with E-state index in [1.165, 1.54) is 6.20 Å². The van der Waals surface area contributed by atoms with Crippen molar-refractivity contribution in [2.45, 2.75) is 30.2 Å². The van der Waals surface area contributed by atoms with Crippen LogP contribution in [0.15, 0.2) is 23.4 Å². The summed E-state index contributed by atoms with van der Waals surface area (Å²) in [6.45, 7) is 0.971. The van der Waals surface area contributed by atoms with Crippen molar-refractivity contribution in [3.05, 3.63) is 18.5 Å². The molecular weight excluding hydrogens is 226 g/mol. The fourth-order valence-electron chi connectivity index (χ4n) is 2.13. The van der Waals surface area contributed by atoms with E-state index in [9.17, 15) is 8.42 Å². The third kappa shape index (κ3) is 2.00. The zero-order valence-corrected chi connectivity index (χ0v) is 9.91. The molecule has 1 fully saturated rings. The predicted octanol–water partition coefficient (Wildman–Crippen LogP) is 0.517. The second-order valence-corrected chi connectivity index (χ2v) is 5.94. The summed E-state index contributed by atoms with van der Waals surface area (Å²) in [5.74, 6) is 0. The van der Waals surface area contributed by atoms with Crippen LogP contribution < -0.4 is 5.73 Å². The Bertz CT molecular complexity index is 427. The molecule has 1 atom stereocenters. The normalized spacial score (nSPS) is 23.4. The number of hydrogen-bond donors (Lipinski definition) is 2. The monoisotopic (exact) mass is 243 g/mol. The van der Waals surface area contributed by atoms with Crippen molar-refractivity contribution in [3.8, 4) is 0 Å². The largest absolute Gasteiger partial charge is 0.366 e. The van der Waals surface area contributed by atoms with Crippen LogP contribution >= 0.6 is 0 Å². The van der Waals surface area contributed by atoms with E-state index in [0.717, 1.165) is 19.3 Å². The molecule has 2 heterocycles. The minimum atomic E-state index is -3.36. The molecule has 1 aliphatic heterocycles. The second kappa shape index (κ2) is 4.57. The van der Waals surface area contributed by atoms with Gasteiger partial charge in [-0.2, -0.15) is 4.31 Å². The van der Waals surface area contributed by atoms with Crippen molar-refractivity contribution in [3.63, 3.8) is 0 Å². The Balaban J connectivity index is 2.28. The standard InChI is InChI=1S/C10H17N3O2S/c11-7-9-3-1-2-6-13(9)16(14,15)10-4-5-12-8-10/h4-5,8-9,12H,1-3,6-7,11H2. The molecule has 0 amide bonds. The van der Waals surface area contributed by atoms with Gasteiger partial charge in [-0.15, -0.1) is 0 Å². The first-order chi connectivity index (χ1) is 7.66. The van der Waals surface area contributed by atoms with Crippen molar-refractivity contribution in [2.24, 2.45) is 5.73 Å². The van der Waals surface area contributed by atoms with Crippen LogP contribution in [0.25, 0.3) is 0 Å². The molecule has 0 aliphatic carbocycles. The number of sulfonamides is 1. The summed E-state index contributed by atoms with van der Waals surface area (Å²) in [5, 5.41) is 0. The molecule has 1 aliphatic rings. The molecule has 0 aromatic carbocycles. The van der Waals surface area contributed by atoms with Crippen LogP contribution in [0, 0.1) is 0 Å². The Morgan fingerprint density at radius 1 is 1.50 bits per heavy atom. The van der Waals surface area contributed by atoms with E-state index in [2.05, 4.69) is 4.98 Å². The molecule has 2 rings (SSSR count). The first kappa shape index (κ1) is 11.6. The highest BCUT2D eigenvalue weighted by Gasteiger charge is 2.32. The third-order valence-corrected chi connectivity index (χ3v) is 4.97. The van der Waals surface area contributed by atoms with Crippen LogP contribution in [0.4, 0.5) is 0 Å². The highest BCUT2D eigenvalue weighted by molar-refractivity contribution is 7.89. The summed E-state index contributed by atoms with van der Waals surface area (Å²) in [4.78, 5) is 3.10. The average Bonchev–Trinajstić information content (AvgIpc) is 2.83. The van der Waals surface area contributed by atoms with Crippen molar-refractivity contribution in [1.29, 1.82) is 0 Å². The van der Waals surface area contributed by atoms with E-state index in [0.29, 0.717) is 18.0 Å². The van der Waals surface area contributed by atoms with E-state index >= 15 is 0 Å². The molecule has 3 N–H and O–H groups in total. The van der Waals surface area contributed by atoms with E-state index in [1.807, 2.05) is 0 Å². The van der Waals surface area contributed by atoms with Gasteiger partial charge >= 0.3 is 0 Å². The Kier molecular flexibility index (Phi) is 3.32. The minimum Gasteiger partial charge on any atom is -0.366 e. The van der Waals surface area contributed by atoms with E-state index in [-0.39, 0.29) is 6.04 Å². The SMILES string of the molecule is NCC1CCCCN1S(=O)(=O)c1cc[nH]c1. The first-order valence-corrected chi connectivity index (χ1v) is 6.95. The highest BCUT2D eigenvalue weighted by atomic mass is 32.2. The lowest BCUT2D eigenvalue weighted by molar-refractivity contribution is 0.257. The van der Waals surface area contributed by atoms with Crippen LogP contribution in [0.5, 0.6) is 0 Å². The van der Waals surface area contributed by atoms with Crippen LogP contribution in [-0.2, 0) is 10.0 Å². The number of hydrogen-bond acceptors (Lipinski definition) is 3. The molecule has 5 nitrogen and oxygen atoms in total. The molecule has 16 heavy (non-hydrogen) atoms. The van der Waals surface area contributed by atoms with E-state index in [1.54, 1.807) is 16.6 Å². The van der Waals surface area contributed by atoms with Crippen LogP contribution in [0.2, 0.25) is 0 Å². The van der Waals surface area contributed by atoms with Gasteiger partial charge in [-0.05, 0) is 18.9 Å². The van der Waals surface area contributed by atoms with Crippen LogP contribution in [0.1, 0.15) is 19.3 Å². The number of nitrogens with zero attached hydrogens (tertiary/aromatic N) is 1. The number of piperidine rings is 1. The van der Waals surface area contributed by atoms with Crippen molar-refractivity contribution < 1.29 is 8.42 Å². The van der Waals surface area contributed by atoms with Gasteiger partial charge in [0, 0.05) is 31.5 Å². The Labute approximate surface area is 95.7 Å². The van der Waals surface area contributed by atoms with Gasteiger partial charge in [0.25, 0.3) is 0 Å². The number of aromatic nitrogens is 1. The molecule has 1 aromatic heterocycles. The number of rotatable bonds is 3. The van der Waals surface area contributed by atoms with Crippen molar-refractivity contribution in [1.82, 2.24) is 9.29 Å². The third-order valence-electron chi connectivity index (χ3n) is 3.02. The predicted molar refractivity (Wildman–Crippen MR) is 61.4 cm³/mol. The lowest BCUT2D eigenvalue weighted by Gasteiger charge is -2.33. The van der Waals surface area contributed by atoms with Crippen molar-refractivity contribution in [2.75, 3.05) is 13.1 Å². The second-order valence-electron chi connectivity index (χ2n) is 4.05. The molecule has 0 saturated carbocycles. The summed E-state index contributed by atoms with van der Waals surface area (Å²) in [6, 6.07) is 1.53. The molecule has 1 aromatic rings. The van der Waals surface area contributed by atoms with Gasteiger partial charge in [-0.25, -0.2) is 8.42 Å². The zero-order chi connectivity index (χ0) is 11.6. The molecule has 1 unspecified atom stereocenters. The van der Waals surface area contributed by atoms with Gasteiger partial charge in [0.1, 0.15) is 0 Å². The van der Waals surface area contributed by atoms with Gasteiger partial charge in [0.2, 0.25) is 10.0 Å². The summed E-state index contributed by atoms with van der Waals surface area (Å²) >= 11 is 0. The molecule has 1 saturated heterocycles. The molecular formula is C10H17N3O2S. The van der Waals surface area contributed by atoms with Gasteiger partial charge < -0.3 is 10.7 Å². The lowest BCUT2D eigenvalue weighted by Crippen LogP contribution is -2.47. The summed E-state index contributed by atoms with van der Waals surface area (Å²) < 4.78 is 26.1. The number of H-pyrrole nitrogens is 1. The molecule has 90 valence electrons. The summed E-state index contributed by atoms with van der Waals surface area (Å²) in [7, 11) is -3.36. The van der Waals surface area contributed by atoms with Crippen molar-refractivity contribution >= 4 is 10.0 Å². The quantitative estimate of drug-likeness (QED) is 0.812. The summed E-state index contributed by atoms with van der Waals surface area (Å²) in [6.07, 6.45) is 5.97. The Morgan fingerprint density at radius 2 is 2.31 bits per heavy atom. The number of aromatic amines is 1. The summed E-state index contributed by atoms with van der Waals surface area (Å²) in [5.41, 5.74) is 5.63. The van der Waals surface area contributed by atoms with E-state index in [4.69, 9.17) is 5.73 Å². The highest BCUT2D eigenvalue weighted by Crippen LogP contribution is 2.24.